The molecule has 5 nitrogen and oxygen atoms in total. The van der Waals surface area contributed by atoms with Crippen LogP contribution in [0.4, 0.5) is 0 Å². The van der Waals surface area contributed by atoms with Gasteiger partial charge in [-0.25, -0.2) is 15.0 Å². The minimum Gasteiger partial charge on any atom is -0.507 e. The summed E-state index contributed by atoms with van der Waals surface area (Å²) in [6.45, 7) is 19.0. The highest BCUT2D eigenvalue weighted by Gasteiger charge is 2.27. The molecule has 1 N–H and O–H groups in total. The van der Waals surface area contributed by atoms with Crippen molar-refractivity contribution in [2.75, 3.05) is 0 Å². The van der Waals surface area contributed by atoms with Crippen molar-refractivity contribution in [3.63, 3.8) is 0 Å². The van der Waals surface area contributed by atoms with Crippen molar-refractivity contribution < 1.29 is 9.84 Å². The zero-order valence-electron chi connectivity index (χ0n) is 24.1. The van der Waals surface area contributed by atoms with Gasteiger partial charge in [0.05, 0.1) is 5.56 Å². The van der Waals surface area contributed by atoms with E-state index in [-0.39, 0.29) is 16.8 Å². The number of ether oxygens (including phenoxy) is 1. The normalized spacial score (nSPS) is 12.0. The molecule has 198 valence electrons. The SMILES string of the molecule is Cc1ccc(-c2nc(-c3ccc(C)cc3C)nc(-c3ccc(OC(C)(C)CC(C)(C)C)cc3O)n2)c(C)c1. The molecular formula is C33H39N3O2. The van der Waals surface area contributed by atoms with Crippen LogP contribution in [0.15, 0.2) is 54.6 Å². The molecular weight excluding hydrogens is 470 g/mol. The number of phenolic OH excluding ortho intramolecular Hbond substituents is 1. The molecule has 0 bridgehead atoms. The molecule has 1 heterocycles. The van der Waals surface area contributed by atoms with E-state index < -0.39 is 0 Å². The Morgan fingerprint density at radius 1 is 0.632 bits per heavy atom. The Hall–Kier alpha value is -3.73. The van der Waals surface area contributed by atoms with Crippen molar-refractivity contribution in [1.29, 1.82) is 0 Å². The maximum absolute atomic E-state index is 11.1. The first kappa shape index (κ1) is 27.3. The molecule has 0 atom stereocenters. The van der Waals surface area contributed by atoms with E-state index in [0.717, 1.165) is 28.7 Å². The molecule has 0 radical (unpaired) electrons. The summed E-state index contributed by atoms with van der Waals surface area (Å²) in [6.07, 6.45) is 0.870. The van der Waals surface area contributed by atoms with Crippen LogP contribution in [0.3, 0.4) is 0 Å². The molecule has 0 aliphatic rings. The summed E-state index contributed by atoms with van der Waals surface area (Å²) in [6, 6.07) is 17.8. The van der Waals surface area contributed by atoms with Gasteiger partial charge in [-0.2, -0.15) is 0 Å². The Kier molecular flexibility index (Phi) is 7.33. The van der Waals surface area contributed by atoms with E-state index in [0.29, 0.717) is 28.8 Å². The maximum atomic E-state index is 11.1. The molecule has 0 saturated heterocycles. The first-order valence-corrected chi connectivity index (χ1v) is 13.1. The minimum atomic E-state index is -0.383. The summed E-state index contributed by atoms with van der Waals surface area (Å²) in [7, 11) is 0. The fourth-order valence-electron chi connectivity index (χ4n) is 5.26. The summed E-state index contributed by atoms with van der Waals surface area (Å²) in [5, 5.41) is 11.1. The number of aromatic hydroxyl groups is 1. The molecule has 0 amide bonds. The Bertz CT molecular complexity index is 1410. The number of benzene rings is 3. The van der Waals surface area contributed by atoms with Gasteiger partial charge in [0.2, 0.25) is 0 Å². The number of nitrogens with zero attached hydrogens (tertiary/aromatic N) is 3. The largest absolute Gasteiger partial charge is 0.507 e. The van der Waals surface area contributed by atoms with Crippen LogP contribution in [0.5, 0.6) is 11.5 Å². The van der Waals surface area contributed by atoms with Gasteiger partial charge in [-0.3, -0.25) is 0 Å². The molecule has 0 unspecified atom stereocenters. The van der Waals surface area contributed by atoms with Crippen LogP contribution in [0.1, 0.15) is 63.3 Å². The lowest BCUT2D eigenvalue weighted by atomic mass is 9.83. The van der Waals surface area contributed by atoms with Crippen molar-refractivity contribution >= 4 is 0 Å². The maximum Gasteiger partial charge on any atom is 0.167 e. The van der Waals surface area contributed by atoms with Crippen molar-refractivity contribution in [3.8, 4) is 45.7 Å². The molecule has 0 spiro atoms. The third-order valence-electron chi connectivity index (χ3n) is 6.44. The average Bonchev–Trinajstić information content (AvgIpc) is 2.77. The van der Waals surface area contributed by atoms with Crippen LogP contribution < -0.4 is 4.74 Å². The number of hydrogen-bond acceptors (Lipinski definition) is 5. The molecule has 3 aromatic carbocycles. The highest BCUT2D eigenvalue weighted by Crippen LogP contribution is 2.36. The van der Waals surface area contributed by atoms with Crippen LogP contribution in [0.25, 0.3) is 34.2 Å². The van der Waals surface area contributed by atoms with Gasteiger partial charge in [-0.1, -0.05) is 68.3 Å². The van der Waals surface area contributed by atoms with Gasteiger partial charge >= 0.3 is 0 Å². The second kappa shape index (κ2) is 10.2. The molecule has 0 aliphatic heterocycles. The predicted molar refractivity (Wildman–Crippen MR) is 156 cm³/mol. The third-order valence-corrected chi connectivity index (χ3v) is 6.44. The summed E-state index contributed by atoms with van der Waals surface area (Å²) in [5.41, 5.74) is 6.67. The van der Waals surface area contributed by atoms with Gasteiger partial charge in [0.15, 0.2) is 17.5 Å². The van der Waals surface area contributed by atoms with Gasteiger partial charge in [0.1, 0.15) is 17.1 Å². The van der Waals surface area contributed by atoms with E-state index >= 15 is 0 Å². The second-order valence-electron chi connectivity index (χ2n) is 12.2. The first-order valence-electron chi connectivity index (χ1n) is 13.1. The Balaban J connectivity index is 1.81. The molecule has 5 heteroatoms. The lowest BCUT2D eigenvalue weighted by Gasteiger charge is -2.33. The van der Waals surface area contributed by atoms with Gasteiger partial charge < -0.3 is 9.84 Å². The predicted octanol–water partition coefficient (Wildman–Crippen LogP) is 8.41. The van der Waals surface area contributed by atoms with E-state index in [1.165, 1.54) is 11.1 Å². The number of aryl methyl sites for hydroxylation is 4. The van der Waals surface area contributed by atoms with Gasteiger partial charge in [0.25, 0.3) is 0 Å². The van der Waals surface area contributed by atoms with Crippen LogP contribution >= 0.6 is 0 Å². The zero-order valence-corrected chi connectivity index (χ0v) is 24.1. The van der Waals surface area contributed by atoms with E-state index in [9.17, 15) is 5.11 Å². The van der Waals surface area contributed by atoms with Crippen LogP contribution in [-0.2, 0) is 0 Å². The summed E-state index contributed by atoms with van der Waals surface area (Å²) in [4.78, 5) is 14.5. The Labute approximate surface area is 227 Å². The zero-order chi connectivity index (χ0) is 27.8. The van der Waals surface area contributed by atoms with E-state index in [1.807, 2.05) is 24.3 Å². The van der Waals surface area contributed by atoms with Crippen molar-refractivity contribution in [1.82, 2.24) is 15.0 Å². The fraction of sp³-hybridized carbons (Fsp3) is 0.364. The van der Waals surface area contributed by atoms with Crippen LogP contribution in [-0.4, -0.2) is 25.7 Å². The monoisotopic (exact) mass is 509 g/mol. The van der Waals surface area contributed by atoms with Gasteiger partial charge in [0, 0.05) is 17.2 Å². The first-order chi connectivity index (χ1) is 17.7. The van der Waals surface area contributed by atoms with Crippen molar-refractivity contribution in [3.05, 3.63) is 76.9 Å². The Morgan fingerprint density at radius 3 is 1.50 bits per heavy atom. The minimum absolute atomic E-state index is 0.0680. The molecule has 0 fully saturated rings. The van der Waals surface area contributed by atoms with E-state index in [2.05, 4.69) is 86.6 Å². The smallest absolute Gasteiger partial charge is 0.167 e. The third kappa shape index (κ3) is 6.39. The van der Waals surface area contributed by atoms with Crippen molar-refractivity contribution in [2.24, 2.45) is 5.41 Å². The summed E-state index contributed by atoms with van der Waals surface area (Å²) < 4.78 is 6.28. The van der Waals surface area contributed by atoms with Crippen LogP contribution in [0, 0.1) is 33.1 Å². The molecule has 1 aromatic heterocycles. The standard InChI is InChI=1S/C33H39N3O2/c1-20-10-13-25(22(3)16-20)29-34-30(26-14-11-21(2)17-23(26)4)36-31(35-29)27-15-12-24(18-28(27)37)38-33(8,9)19-32(5,6)7/h10-18,37H,19H2,1-9H3. The fourth-order valence-corrected chi connectivity index (χ4v) is 5.26. The lowest BCUT2D eigenvalue weighted by Crippen LogP contribution is -2.33. The van der Waals surface area contributed by atoms with Gasteiger partial charge in [-0.05, 0) is 76.6 Å². The molecule has 4 aromatic rings. The summed E-state index contributed by atoms with van der Waals surface area (Å²) >= 11 is 0. The number of rotatable bonds is 6. The average molecular weight is 510 g/mol. The second-order valence-corrected chi connectivity index (χ2v) is 12.2. The quantitative estimate of drug-likeness (QED) is 0.283. The molecule has 0 aliphatic carbocycles. The number of hydrogen-bond donors (Lipinski definition) is 1. The van der Waals surface area contributed by atoms with Gasteiger partial charge in [-0.15, -0.1) is 0 Å². The number of aromatic nitrogens is 3. The van der Waals surface area contributed by atoms with E-state index in [1.54, 1.807) is 6.07 Å². The highest BCUT2D eigenvalue weighted by molar-refractivity contribution is 5.72. The topological polar surface area (TPSA) is 68.1 Å². The molecule has 4 rings (SSSR count). The van der Waals surface area contributed by atoms with E-state index in [4.69, 9.17) is 19.7 Å². The van der Waals surface area contributed by atoms with Crippen molar-refractivity contribution in [2.45, 2.75) is 74.3 Å². The lowest BCUT2D eigenvalue weighted by molar-refractivity contribution is 0.0620. The van der Waals surface area contributed by atoms with Crippen LogP contribution in [0.2, 0.25) is 0 Å². The molecule has 0 saturated carbocycles. The highest BCUT2D eigenvalue weighted by atomic mass is 16.5. The Morgan fingerprint density at radius 2 is 1.08 bits per heavy atom. The molecule has 38 heavy (non-hydrogen) atoms. The summed E-state index contributed by atoms with van der Waals surface area (Å²) in [5.74, 6) is 2.25. The number of phenols is 1.